The average molecular weight is 374 g/mol. The van der Waals surface area contributed by atoms with Crippen LogP contribution in [0.4, 0.5) is 4.79 Å². The SMILES string of the molecule is CN1C(=O)N(Cc2coc(-c3cccc(Cl)c3)n2)C(=O)C12CCCCC2. The van der Waals surface area contributed by atoms with Crippen LogP contribution in [0.2, 0.25) is 5.02 Å². The van der Waals surface area contributed by atoms with E-state index in [-0.39, 0.29) is 18.5 Å². The molecule has 0 bridgehead atoms. The molecule has 1 saturated heterocycles. The van der Waals surface area contributed by atoms with Crippen LogP contribution < -0.4 is 0 Å². The van der Waals surface area contributed by atoms with Crippen molar-refractivity contribution in [3.63, 3.8) is 0 Å². The first-order valence-electron chi connectivity index (χ1n) is 8.81. The van der Waals surface area contributed by atoms with Gasteiger partial charge in [0.05, 0.1) is 12.2 Å². The number of hydrogen-bond donors (Lipinski definition) is 0. The molecule has 0 unspecified atom stereocenters. The summed E-state index contributed by atoms with van der Waals surface area (Å²) in [6.07, 6.45) is 6.01. The van der Waals surface area contributed by atoms with Crippen molar-refractivity contribution in [1.29, 1.82) is 0 Å². The molecule has 3 amide bonds. The lowest BCUT2D eigenvalue weighted by molar-refractivity contribution is -0.134. The van der Waals surface area contributed by atoms with E-state index in [1.165, 1.54) is 11.2 Å². The van der Waals surface area contributed by atoms with Gasteiger partial charge in [-0.3, -0.25) is 9.69 Å². The maximum atomic E-state index is 13.0. The van der Waals surface area contributed by atoms with E-state index in [0.717, 1.165) is 37.7 Å². The average Bonchev–Trinajstić information content (AvgIpc) is 3.18. The van der Waals surface area contributed by atoms with Crippen molar-refractivity contribution >= 4 is 23.5 Å². The highest BCUT2D eigenvalue weighted by molar-refractivity contribution is 6.30. The number of carbonyl (C=O) groups is 2. The van der Waals surface area contributed by atoms with Gasteiger partial charge in [-0.25, -0.2) is 9.78 Å². The molecule has 136 valence electrons. The van der Waals surface area contributed by atoms with E-state index in [1.54, 1.807) is 24.1 Å². The Bertz CT molecular complexity index is 857. The zero-order valence-corrected chi connectivity index (χ0v) is 15.3. The third-order valence-electron chi connectivity index (χ3n) is 5.43. The van der Waals surface area contributed by atoms with Crippen molar-refractivity contribution in [2.75, 3.05) is 7.05 Å². The Morgan fingerprint density at radius 2 is 2.00 bits per heavy atom. The maximum Gasteiger partial charge on any atom is 0.327 e. The summed E-state index contributed by atoms with van der Waals surface area (Å²) in [5, 5.41) is 0.591. The van der Waals surface area contributed by atoms with Crippen LogP contribution in [0.1, 0.15) is 37.8 Å². The Hall–Kier alpha value is -2.34. The van der Waals surface area contributed by atoms with Crippen LogP contribution >= 0.6 is 11.6 Å². The van der Waals surface area contributed by atoms with Gasteiger partial charge in [-0.2, -0.15) is 0 Å². The second kappa shape index (κ2) is 6.43. The van der Waals surface area contributed by atoms with Crippen molar-refractivity contribution in [3.05, 3.63) is 41.2 Å². The predicted octanol–water partition coefficient (Wildman–Crippen LogP) is 4.09. The van der Waals surface area contributed by atoms with E-state index in [9.17, 15) is 9.59 Å². The van der Waals surface area contributed by atoms with Gasteiger partial charge in [-0.15, -0.1) is 0 Å². The maximum absolute atomic E-state index is 13.0. The molecule has 1 aliphatic carbocycles. The second-order valence-corrected chi connectivity index (χ2v) is 7.42. The van der Waals surface area contributed by atoms with E-state index in [1.807, 2.05) is 12.1 Å². The van der Waals surface area contributed by atoms with Crippen LogP contribution in [-0.4, -0.2) is 39.3 Å². The van der Waals surface area contributed by atoms with Gasteiger partial charge in [0.25, 0.3) is 5.91 Å². The van der Waals surface area contributed by atoms with Crippen LogP contribution in [0.5, 0.6) is 0 Å². The number of aromatic nitrogens is 1. The van der Waals surface area contributed by atoms with Gasteiger partial charge in [0, 0.05) is 17.6 Å². The Labute approximate surface area is 156 Å². The normalized spacial score (nSPS) is 19.6. The fourth-order valence-corrected chi connectivity index (χ4v) is 4.16. The number of rotatable bonds is 3. The predicted molar refractivity (Wildman–Crippen MR) is 96.5 cm³/mol. The van der Waals surface area contributed by atoms with E-state index >= 15 is 0 Å². The number of likely N-dealkylation sites (N-methyl/N-ethyl adjacent to an activating group) is 1. The van der Waals surface area contributed by atoms with Crippen molar-refractivity contribution in [3.8, 4) is 11.5 Å². The van der Waals surface area contributed by atoms with Crippen LogP contribution in [-0.2, 0) is 11.3 Å². The van der Waals surface area contributed by atoms with Gasteiger partial charge in [0.2, 0.25) is 5.89 Å². The van der Waals surface area contributed by atoms with Gasteiger partial charge >= 0.3 is 6.03 Å². The molecule has 1 spiro atoms. The number of urea groups is 1. The Morgan fingerprint density at radius 3 is 2.73 bits per heavy atom. The van der Waals surface area contributed by atoms with Crippen molar-refractivity contribution in [2.24, 2.45) is 0 Å². The van der Waals surface area contributed by atoms with Crippen molar-refractivity contribution in [2.45, 2.75) is 44.2 Å². The first-order valence-corrected chi connectivity index (χ1v) is 9.19. The summed E-state index contributed by atoms with van der Waals surface area (Å²) in [5.41, 5.74) is 0.626. The van der Waals surface area contributed by atoms with Crippen molar-refractivity contribution < 1.29 is 14.0 Å². The fraction of sp³-hybridized carbons (Fsp3) is 0.421. The molecule has 0 atom stereocenters. The summed E-state index contributed by atoms with van der Waals surface area (Å²) >= 11 is 6.00. The lowest BCUT2D eigenvalue weighted by atomic mass is 9.81. The molecular formula is C19H20ClN3O3. The molecule has 1 aliphatic heterocycles. The first-order chi connectivity index (χ1) is 12.5. The smallest absolute Gasteiger partial charge is 0.327 e. The topological polar surface area (TPSA) is 66.7 Å². The largest absolute Gasteiger partial charge is 0.444 e. The minimum Gasteiger partial charge on any atom is -0.444 e. The Balaban J connectivity index is 1.56. The van der Waals surface area contributed by atoms with E-state index in [4.69, 9.17) is 16.0 Å². The molecule has 2 fully saturated rings. The number of carbonyl (C=O) groups excluding carboxylic acids is 2. The summed E-state index contributed by atoms with van der Waals surface area (Å²) in [7, 11) is 1.73. The van der Waals surface area contributed by atoms with Crippen LogP contribution in [0, 0.1) is 0 Å². The highest BCUT2D eigenvalue weighted by atomic mass is 35.5. The summed E-state index contributed by atoms with van der Waals surface area (Å²) in [6.45, 7) is 0.119. The molecule has 1 aromatic heterocycles. The molecule has 4 rings (SSSR count). The third-order valence-corrected chi connectivity index (χ3v) is 5.66. The molecule has 2 heterocycles. The zero-order chi connectivity index (χ0) is 18.3. The number of benzene rings is 1. The molecule has 2 aliphatic rings. The third kappa shape index (κ3) is 2.69. The van der Waals surface area contributed by atoms with E-state index in [0.29, 0.717) is 16.6 Å². The molecule has 2 aromatic rings. The molecule has 6 nitrogen and oxygen atoms in total. The highest BCUT2D eigenvalue weighted by Crippen LogP contribution is 2.40. The standard InChI is InChI=1S/C19H20ClN3O3/c1-22-18(25)23(17(24)19(22)8-3-2-4-9-19)11-15-12-26-16(21-15)13-6-5-7-14(20)10-13/h5-7,10,12H,2-4,8-9,11H2,1H3. The summed E-state index contributed by atoms with van der Waals surface area (Å²) in [5.74, 6) is 0.305. The van der Waals surface area contributed by atoms with Gasteiger partial charge in [-0.1, -0.05) is 36.9 Å². The number of oxazole rings is 1. The molecule has 1 saturated carbocycles. The minimum atomic E-state index is -0.672. The van der Waals surface area contributed by atoms with Crippen LogP contribution in [0.3, 0.4) is 0 Å². The van der Waals surface area contributed by atoms with E-state index < -0.39 is 5.54 Å². The molecular weight excluding hydrogens is 354 g/mol. The number of halogens is 1. The Morgan fingerprint density at radius 1 is 1.23 bits per heavy atom. The molecule has 1 aromatic carbocycles. The molecule has 0 radical (unpaired) electrons. The van der Waals surface area contributed by atoms with E-state index in [2.05, 4.69) is 4.98 Å². The first kappa shape index (κ1) is 17.1. The summed E-state index contributed by atoms with van der Waals surface area (Å²) < 4.78 is 5.52. The second-order valence-electron chi connectivity index (χ2n) is 6.98. The minimum absolute atomic E-state index is 0.114. The summed E-state index contributed by atoms with van der Waals surface area (Å²) in [4.78, 5) is 33.0. The lowest BCUT2D eigenvalue weighted by Gasteiger charge is -2.35. The van der Waals surface area contributed by atoms with Gasteiger partial charge in [0.15, 0.2) is 0 Å². The number of hydrogen-bond acceptors (Lipinski definition) is 4. The van der Waals surface area contributed by atoms with Gasteiger partial charge in [0.1, 0.15) is 11.8 Å². The number of nitrogens with zero attached hydrogens (tertiary/aromatic N) is 3. The highest BCUT2D eigenvalue weighted by Gasteiger charge is 2.55. The molecule has 26 heavy (non-hydrogen) atoms. The number of amides is 3. The molecule has 7 heteroatoms. The van der Waals surface area contributed by atoms with Crippen molar-refractivity contribution in [1.82, 2.24) is 14.8 Å². The lowest BCUT2D eigenvalue weighted by Crippen LogP contribution is -2.49. The monoisotopic (exact) mass is 373 g/mol. The van der Waals surface area contributed by atoms with Crippen LogP contribution in [0.15, 0.2) is 34.9 Å². The summed E-state index contributed by atoms with van der Waals surface area (Å²) in [6, 6.07) is 6.93. The van der Waals surface area contributed by atoms with Gasteiger partial charge < -0.3 is 9.32 Å². The zero-order valence-electron chi connectivity index (χ0n) is 14.6. The van der Waals surface area contributed by atoms with Gasteiger partial charge in [-0.05, 0) is 31.0 Å². The van der Waals surface area contributed by atoms with Crippen LogP contribution in [0.25, 0.3) is 11.5 Å². The number of imide groups is 1. The molecule has 0 N–H and O–H groups in total. The quantitative estimate of drug-likeness (QED) is 0.760. The Kier molecular flexibility index (Phi) is 4.23. The fourth-order valence-electron chi connectivity index (χ4n) is 3.97.